The van der Waals surface area contributed by atoms with E-state index in [9.17, 15) is 14.8 Å². The van der Waals surface area contributed by atoms with Crippen molar-refractivity contribution in [2.45, 2.75) is 0 Å². The number of aliphatic carboxylic acids is 2. The van der Waals surface area contributed by atoms with Crippen LogP contribution in [-0.4, -0.2) is 42.3 Å². The molecule has 0 amide bonds. The number of nitrogens with zero attached hydrogens (tertiary/aromatic N) is 4. The van der Waals surface area contributed by atoms with E-state index in [4.69, 9.17) is 10.2 Å². The summed E-state index contributed by atoms with van der Waals surface area (Å²) < 4.78 is 0. The summed E-state index contributed by atoms with van der Waals surface area (Å²) >= 11 is 0. The predicted octanol–water partition coefficient (Wildman–Crippen LogP) is 0.787. The van der Waals surface area contributed by atoms with Crippen molar-refractivity contribution in [3.05, 3.63) is 48.6 Å². The van der Waals surface area contributed by atoms with E-state index in [1.54, 1.807) is 12.1 Å². The molecular weight excluding hydrogens is 292 g/mol. The van der Waals surface area contributed by atoms with Gasteiger partial charge in [0.05, 0.1) is 6.20 Å². The molecular formula is C13H10N4O5. The maximum atomic E-state index is 10.8. The van der Waals surface area contributed by atoms with Crippen molar-refractivity contribution in [3.63, 3.8) is 0 Å². The number of hydrogen-bond acceptors (Lipinski definition) is 7. The lowest BCUT2D eigenvalue weighted by molar-refractivity contribution is -0.140. The summed E-state index contributed by atoms with van der Waals surface area (Å²) in [5, 5.41) is 27.6. The Morgan fingerprint density at radius 3 is 2.27 bits per heavy atom. The molecule has 3 N–H and O–H groups in total. The highest BCUT2D eigenvalue weighted by atomic mass is 16.5. The van der Waals surface area contributed by atoms with Crippen molar-refractivity contribution in [1.29, 1.82) is 0 Å². The lowest BCUT2D eigenvalue weighted by atomic mass is 10.2. The molecule has 0 aliphatic carbocycles. The van der Waals surface area contributed by atoms with Gasteiger partial charge in [-0.1, -0.05) is 0 Å². The van der Waals surface area contributed by atoms with Crippen LogP contribution < -0.4 is 5.06 Å². The van der Waals surface area contributed by atoms with Crippen molar-refractivity contribution >= 4 is 17.8 Å². The lowest BCUT2D eigenvalue weighted by Gasteiger charge is -2.12. The summed E-state index contributed by atoms with van der Waals surface area (Å²) in [4.78, 5) is 33.4. The highest BCUT2D eigenvalue weighted by molar-refractivity contribution is 6.12. The van der Waals surface area contributed by atoms with Gasteiger partial charge in [-0.2, -0.15) is 0 Å². The van der Waals surface area contributed by atoms with Crippen molar-refractivity contribution in [1.82, 2.24) is 15.0 Å². The van der Waals surface area contributed by atoms with Crippen molar-refractivity contribution in [2.24, 2.45) is 0 Å². The Morgan fingerprint density at radius 1 is 1.05 bits per heavy atom. The maximum absolute atomic E-state index is 10.8. The maximum Gasteiger partial charge on any atom is 0.344 e. The molecule has 0 saturated heterocycles. The minimum Gasteiger partial charge on any atom is -0.477 e. The topological polar surface area (TPSA) is 137 Å². The van der Waals surface area contributed by atoms with Gasteiger partial charge in [-0.25, -0.2) is 24.6 Å². The molecule has 22 heavy (non-hydrogen) atoms. The number of pyridine rings is 1. The Bertz CT molecular complexity index is 716. The van der Waals surface area contributed by atoms with Gasteiger partial charge in [0.15, 0.2) is 17.2 Å². The minimum absolute atomic E-state index is 0.0817. The van der Waals surface area contributed by atoms with Crippen LogP contribution in [0.4, 0.5) is 5.82 Å². The van der Waals surface area contributed by atoms with E-state index < -0.39 is 17.5 Å². The van der Waals surface area contributed by atoms with Crippen LogP contribution in [0.2, 0.25) is 0 Å². The first-order chi connectivity index (χ1) is 10.5. The lowest BCUT2D eigenvalue weighted by Crippen LogP contribution is -2.19. The Kier molecular flexibility index (Phi) is 4.39. The molecule has 0 unspecified atom stereocenters. The van der Waals surface area contributed by atoms with E-state index >= 15 is 0 Å². The van der Waals surface area contributed by atoms with Crippen LogP contribution >= 0.6 is 0 Å². The number of aromatic nitrogens is 3. The fraction of sp³-hybridized carbons (Fsp3) is 0. The number of rotatable bonds is 5. The highest BCUT2D eigenvalue weighted by Crippen LogP contribution is 2.17. The average molecular weight is 302 g/mol. The van der Waals surface area contributed by atoms with Gasteiger partial charge in [0.25, 0.3) is 0 Å². The molecule has 2 heterocycles. The van der Waals surface area contributed by atoms with Crippen LogP contribution in [0.15, 0.2) is 48.6 Å². The first-order valence-electron chi connectivity index (χ1n) is 5.89. The second kappa shape index (κ2) is 6.41. The molecule has 0 saturated carbocycles. The molecule has 2 rings (SSSR count). The standard InChI is InChI=1S/C13H10N4O5/c18-12(19)9(13(20)21)7-17(22)10-3-6-15-11(16-10)8-1-4-14-5-2-8/h1-7,22H,(H,18,19)(H,20,21). The van der Waals surface area contributed by atoms with Crippen LogP contribution in [0.3, 0.4) is 0 Å². The van der Waals surface area contributed by atoms with Gasteiger partial charge < -0.3 is 10.2 Å². The molecule has 0 aliphatic rings. The molecule has 9 nitrogen and oxygen atoms in total. The second-order valence-electron chi connectivity index (χ2n) is 3.97. The molecule has 2 aromatic heterocycles. The fourth-order valence-electron chi connectivity index (χ4n) is 1.51. The number of carboxylic acids is 2. The van der Waals surface area contributed by atoms with Gasteiger partial charge in [0.2, 0.25) is 0 Å². The fourth-order valence-corrected chi connectivity index (χ4v) is 1.51. The zero-order valence-corrected chi connectivity index (χ0v) is 11.0. The van der Waals surface area contributed by atoms with E-state index in [1.165, 1.54) is 24.7 Å². The van der Waals surface area contributed by atoms with Gasteiger partial charge in [-0.05, 0) is 12.1 Å². The summed E-state index contributed by atoms with van der Waals surface area (Å²) in [6.45, 7) is 0. The van der Waals surface area contributed by atoms with Crippen LogP contribution in [-0.2, 0) is 9.59 Å². The minimum atomic E-state index is -1.69. The Balaban J connectivity index is 2.35. The monoisotopic (exact) mass is 302 g/mol. The van der Waals surface area contributed by atoms with E-state index in [-0.39, 0.29) is 11.6 Å². The van der Waals surface area contributed by atoms with Gasteiger partial charge >= 0.3 is 11.9 Å². The zero-order valence-electron chi connectivity index (χ0n) is 11.0. The zero-order chi connectivity index (χ0) is 16.1. The van der Waals surface area contributed by atoms with Crippen LogP contribution in [0.1, 0.15) is 0 Å². The Labute approximate surface area is 123 Å². The van der Waals surface area contributed by atoms with E-state index in [2.05, 4.69) is 15.0 Å². The Hall–Kier alpha value is -3.33. The number of anilines is 1. The summed E-state index contributed by atoms with van der Waals surface area (Å²) in [6, 6.07) is 4.59. The SMILES string of the molecule is O=C(O)C(=CN(O)c1ccnc(-c2ccncc2)n1)C(=O)O. The van der Waals surface area contributed by atoms with Gasteiger partial charge in [-0.3, -0.25) is 10.2 Å². The molecule has 0 aromatic carbocycles. The van der Waals surface area contributed by atoms with Crippen molar-refractivity contribution in [2.75, 3.05) is 5.06 Å². The smallest absolute Gasteiger partial charge is 0.344 e. The predicted molar refractivity (Wildman–Crippen MR) is 72.9 cm³/mol. The molecule has 112 valence electrons. The number of hydroxylamine groups is 1. The van der Waals surface area contributed by atoms with E-state index in [1.807, 2.05) is 0 Å². The highest BCUT2D eigenvalue weighted by Gasteiger charge is 2.18. The normalized spacial score (nSPS) is 9.86. The largest absolute Gasteiger partial charge is 0.477 e. The molecule has 0 fully saturated rings. The summed E-state index contributed by atoms with van der Waals surface area (Å²) in [5.41, 5.74) is -0.377. The summed E-state index contributed by atoms with van der Waals surface area (Å²) in [5.74, 6) is -3.19. The van der Waals surface area contributed by atoms with Crippen molar-refractivity contribution < 1.29 is 25.0 Å². The molecule has 9 heteroatoms. The van der Waals surface area contributed by atoms with Crippen LogP contribution in [0.25, 0.3) is 11.4 Å². The molecule has 0 atom stereocenters. The number of hydrogen-bond donors (Lipinski definition) is 3. The summed E-state index contributed by atoms with van der Waals surface area (Å²) in [7, 11) is 0. The third kappa shape index (κ3) is 3.41. The average Bonchev–Trinajstić information content (AvgIpc) is 2.52. The molecule has 2 aromatic rings. The van der Waals surface area contributed by atoms with E-state index in [0.29, 0.717) is 16.8 Å². The van der Waals surface area contributed by atoms with Crippen LogP contribution in [0.5, 0.6) is 0 Å². The van der Waals surface area contributed by atoms with Gasteiger partial charge in [-0.15, -0.1) is 0 Å². The summed E-state index contributed by atoms with van der Waals surface area (Å²) in [6.07, 6.45) is 4.96. The molecule has 0 radical (unpaired) electrons. The number of carboxylic acid groups (broad SMARTS) is 2. The molecule has 0 bridgehead atoms. The number of carbonyl (C=O) groups is 2. The van der Waals surface area contributed by atoms with E-state index in [0.717, 1.165) is 0 Å². The second-order valence-corrected chi connectivity index (χ2v) is 3.97. The first-order valence-corrected chi connectivity index (χ1v) is 5.89. The van der Waals surface area contributed by atoms with Gasteiger partial charge in [0, 0.05) is 30.2 Å². The van der Waals surface area contributed by atoms with Crippen molar-refractivity contribution in [3.8, 4) is 11.4 Å². The Morgan fingerprint density at radius 2 is 1.68 bits per heavy atom. The third-order valence-electron chi connectivity index (χ3n) is 2.53. The van der Waals surface area contributed by atoms with Gasteiger partial charge in [0.1, 0.15) is 0 Å². The molecule has 0 aliphatic heterocycles. The first kappa shape index (κ1) is 15.1. The quantitative estimate of drug-likeness (QED) is 0.316. The van der Waals surface area contributed by atoms with Crippen LogP contribution in [0, 0.1) is 0 Å². The molecule has 0 spiro atoms. The third-order valence-corrected chi connectivity index (χ3v) is 2.53.